The van der Waals surface area contributed by atoms with Gasteiger partial charge >= 0.3 is 0 Å². The summed E-state index contributed by atoms with van der Waals surface area (Å²) in [7, 11) is 1.63. The Kier molecular flexibility index (Phi) is 5.03. The second kappa shape index (κ2) is 7.57. The van der Waals surface area contributed by atoms with Gasteiger partial charge in [0.05, 0.1) is 7.11 Å². The number of nitrogens with zero attached hydrogens (tertiary/aromatic N) is 4. The highest BCUT2D eigenvalue weighted by Crippen LogP contribution is 2.23. The van der Waals surface area contributed by atoms with Crippen molar-refractivity contribution in [3.05, 3.63) is 48.8 Å². The van der Waals surface area contributed by atoms with Crippen LogP contribution in [0.25, 0.3) is 11.4 Å². The molecule has 0 atom stereocenters. The summed E-state index contributed by atoms with van der Waals surface area (Å²) >= 11 is 0. The van der Waals surface area contributed by atoms with Crippen LogP contribution in [0.15, 0.2) is 48.8 Å². The van der Waals surface area contributed by atoms with Crippen molar-refractivity contribution < 1.29 is 4.74 Å². The fraction of sp³-hybridized carbons (Fsp3) is 0.222. The lowest BCUT2D eigenvalue weighted by Gasteiger charge is -2.12. The van der Waals surface area contributed by atoms with E-state index in [1.807, 2.05) is 50.2 Å². The molecule has 0 saturated carbocycles. The van der Waals surface area contributed by atoms with Gasteiger partial charge in [-0.1, -0.05) is 12.1 Å². The first-order valence-electron chi connectivity index (χ1n) is 7.98. The minimum absolute atomic E-state index is 0.203. The van der Waals surface area contributed by atoms with E-state index in [-0.39, 0.29) is 6.04 Å². The van der Waals surface area contributed by atoms with Crippen LogP contribution in [-0.2, 0) is 0 Å². The number of aromatic nitrogens is 4. The molecular formula is C18H20N6O. The first-order valence-corrected chi connectivity index (χ1v) is 7.98. The molecule has 2 heterocycles. The average Bonchev–Trinajstić information content (AvgIpc) is 2.62. The van der Waals surface area contributed by atoms with Crippen molar-refractivity contribution in [3.8, 4) is 17.1 Å². The molecule has 0 aliphatic heterocycles. The lowest BCUT2D eigenvalue weighted by atomic mass is 10.2. The molecule has 3 aromatic rings. The number of hydrogen-bond donors (Lipinski definition) is 2. The Morgan fingerprint density at radius 2 is 1.72 bits per heavy atom. The monoisotopic (exact) mass is 336 g/mol. The number of nitrogens with one attached hydrogen (secondary N) is 2. The molecule has 0 aliphatic carbocycles. The summed E-state index contributed by atoms with van der Waals surface area (Å²) in [6, 6.07) is 11.5. The number of methoxy groups -OCH3 is 1. The van der Waals surface area contributed by atoms with Gasteiger partial charge in [0.25, 0.3) is 0 Å². The van der Waals surface area contributed by atoms with Gasteiger partial charge in [-0.3, -0.25) is 4.98 Å². The molecule has 3 rings (SSSR count). The van der Waals surface area contributed by atoms with Gasteiger partial charge in [-0.15, -0.1) is 0 Å². The summed E-state index contributed by atoms with van der Waals surface area (Å²) in [4.78, 5) is 17.5. The first kappa shape index (κ1) is 16.6. The third kappa shape index (κ3) is 4.41. The van der Waals surface area contributed by atoms with Crippen LogP contribution >= 0.6 is 0 Å². The largest absolute Gasteiger partial charge is 0.497 e. The van der Waals surface area contributed by atoms with E-state index in [0.29, 0.717) is 17.7 Å². The first-order chi connectivity index (χ1) is 12.1. The molecule has 0 unspecified atom stereocenters. The quantitative estimate of drug-likeness (QED) is 0.712. The lowest BCUT2D eigenvalue weighted by molar-refractivity contribution is 0.415. The molecule has 0 bridgehead atoms. The predicted octanol–water partition coefficient (Wildman–Crippen LogP) is 3.51. The molecule has 128 valence electrons. The van der Waals surface area contributed by atoms with E-state index in [1.54, 1.807) is 19.5 Å². The molecule has 7 heteroatoms. The zero-order valence-corrected chi connectivity index (χ0v) is 14.4. The van der Waals surface area contributed by atoms with Gasteiger partial charge in [0, 0.05) is 29.7 Å². The van der Waals surface area contributed by atoms with Crippen LogP contribution in [0.3, 0.4) is 0 Å². The van der Waals surface area contributed by atoms with Crippen LogP contribution in [0.5, 0.6) is 5.75 Å². The van der Waals surface area contributed by atoms with Crippen LogP contribution in [0.4, 0.5) is 17.6 Å². The highest BCUT2D eigenvalue weighted by atomic mass is 16.5. The average molecular weight is 336 g/mol. The van der Waals surface area contributed by atoms with Gasteiger partial charge in [0.15, 0.2) is 5.82 Å². The van der Waals surface area contributed by atoms with Crippen LogP contribution in [0, 0.1) is 0 Å². The SMILES string of the molecule is COc1cccc(-c2nc(Nc3ccncc3)nc(NC(C)C)n2)c1. The molecule has 2 aromatic heterocycles. The van der Waals surface area contributed by atoms with E-state index in [1.165, 1.54) is 0 Å². The molecule has 0 fully saturated rings. The Bertz CT molecular complexity index is 838. The Morgan fingerprint density at radius 1 is 0.960 bits per heavy atom. The number of anilines is 3. The van der Waals surface area contributed by atoms with Crippen molar-refractivity contribution >= 4 is 17.6 Å². The lowest BCUT2D eigenvalue weighted by Crippen LogP contribution is -2.14. The van der Waals surface area contributed by atoms with E-state index < -0.39 is 0 Å². The van der Waals surface area contributed by atoms with Crippen LogP contribution in [0.2, 0.25) is 0 Å². The standard InChI is InChI=1S/C18H20N6O/c1-12(2)20-17-22-16(13-5-4-6-15(11-13)25-3)23-18(24-17)21-14-7-9-19-10-8-14/h4-12H,1-3H3,(H2,19,20,21,22,23,24). The smallest absolute Gasteiger partial charge is 0.232 e. The Balaban J connectivity index is 2.00. The number of pyridine rings is 1. The minimum Gasteiger partial charge on any atom is -0.497 e. The van der Waals surface area contributed by atoms with Crippen molar-refractivity contribution in [1.29, 1.82) is 0 Å². The van der Waals surface area contributed by atoms with E-state index >= 15 is 0 Å². The van der Waals surface area contributed by atoms with Crippen molar-refractivity contribution in [1.82, 2.24) is 19.9 Å². The van der Waals surface area contributed by atoms with Gasteiger partial charge in [0.2, 0.25) is 11.9 Å². The topological polar surface area (TPSA) is 84.8 Å². The molecular weight excluding hydrogens is 316 g/mol. The number of benzene rings is 1. The highest BCUT2D eigenvalue weighted by Gasteiger charge is 2.10. The number of ether oxygens (including phenoxy) is 1. The minimum atomic E-state index is 0.203. The van der Waals surface area contributed by atoms with Gasteiger partial charge in [-0.25, -0.2) is 0 Å². The second-order valence-electron chi connectivity index (χ2n) is 5.70. The summed E-state index contributed by atoms with van der Waals surface area (Å²) in [5.74, 6) is 2.29. The van der Waals surface area contributed by atoms with Crippen molar-refractivity contribution in [2.75, 3.05) is 17.7 Å². The maximum Gasteiger partial charge on any atom is 0.232 e. The van der Waals surface area contributed by atoms with Gasteiger partial charge in [-0.05, 0) is 38.1 Å². The van der Waals surface area contributed by atoms with Gasteiger partial charge < -0.3 is 15.4 Å². The third-order valence-corrected chi connectivity index (χ3v) is 3.32. The molecule has 7 nitrogen and oxygen atoms in total. The molecule has 2 N–H and O–H groups in total. The zero-order chi connectivity index (χ0) is 17.6. The molecule has 0 spiro atoms. The van der Waals surface area contributed by atoms with Crippen molar-refractivity contribution in [2.45, 2.75) is 19.9 Å². The molecule has 25 heavy (non-hydrogen) atoms. The summed E-state index contributed by atoms with van der Waals surface area (Å²) in [6.07, 6.45) is 3.42. The molecule has 0 aliphatic rings. The number of rotatable bonds is 6. The maximum atomic E-state index is 5.29. The van der Waals surface area contributed by atoms with Crippen LogP contribution in [-0.4, -0.2) is 33.1 Å². The molecule has 0 radical (unpaired) electrons. The van der Waals surface area contributed by atoms with E-state index in [2.05, 4.69) is 30.6 Å². The fourth-order valence-corrected chi connectivity index (χ4v) is 2.21. The van der Waals surface area contributed by atoms with Crippen molar-refractivity contribution in [2.24, 2.45) is 0 Å². The Morgan fingerprint density at radius 3 is 2.44 bits per heavy atom. The van der Waals surface area contributed by atoms with Crippen LogP contribution in [0.1, 0.15) is 13.8 Å². The Hall–Kier alpha value is -3.22. The van der Waals surface area contributed by atoms with E-state index in [9.17, 15) is 0 Å². The zero-order valence-electron chi connectivity index (χ0n) is 14.4. The van der Waals surface area contributed by atoms with E-state index in [0.717, 1.165) is 17.0 Å². The molecule has 1 aromatic carbocycles. The highest BCUT2D eigenvalue weighted by molar-refractivity contribution is 5.62. The summed E-state index contributed by atoms with van der Waals surface area (Å²) in [6.45, 7) is 4.07. The summed E-state index contributed by atoms with van der Waals surface area (Å²) in [5, 5.41) is 6.41. The van der Waals surface area contributed by atoms with E-state index in [4.69, 9.17) is 4.74 Å². The summed E-state index contributed by atoms with van der Waals surface area (Å²) in [5.41, 5.74) is 1.71. The maximum absolute atomic E-state index is 5.29. The van der Waals surface area contributed by atoms with Gasteiger partial charge in [-0.2, -0.15) is 15.0 Å². The molecule has 0 amide bonds. The Labute approximate surface area is 146 Å². The predicted molar refractivity (Wildman–Crippen MR) is 98.1 cm³/mol. The van der Waals surface area contributed by atoms with Crippen LogP contribution < -0.4 is 15.4 Å². The number of hydrogen-bond acceptors (Lipinski definition) is 7. The second-order valence-corrected chi connectivity index (χ2v) is 5.70. The molecule has 0 saturated heterocycles. The third-order valence-electron chi connectivity index (χ3n) is 3.32. The fourth-order valence-electron chi connectivity index (χ4n) is 2.21. The summed E-state index contributed by atoms with van der Waals surface area (Å²) < 4.78 is 5.29. The normalized spacial score (nSPS) is 10.6. The van der Waals surface area contributed by atoms with Crippen molar-refractivity contribution in [3.63, 3.8) is 0 Å². The van der Waals surface area contributed by atoms with Gasteiger partial charge in [0.1, 0.15) is 5.75 Å².